The summed E-state index contributed by atoms with van der Waals surface area (Å²) in [4.78, 5) is 35.1. The van der Waals surface area contributed by atoms with E-state index in [9.17, 15) is 18.8 Å². The Morgan fingerprint density at radius 1 is 1.15 bits per heavy atom. The van der Waals surface area contributed by atoms with E-state index < -0.39 is 36.8 Å². The quantitative estimate of drug-likeness (QED) is 0.672. The first-order valence-corrected chi connectivity index (χ1v) is 8.47. The summed E-state index contributed by atoms with van der Waals surface area (Å²) in [5.74, 6) is -2.90. The summed E-state index contributed by atoms with van der Waals surface area (Å²) in [5, 5.41) is 5.02. The van der Waals surface area contributed by atoms with Crippen LogP contribution in [0.5, 0.6) is 0 Å². The molecule has 2 rings (SSSR count). The minimum absolute atomic E-state index is 0.192. The Hall–Kier alpha value is -2.45. The number of carbonyl (C=O) groups is 3. The monoisotopic (exact) mass is 442 g/mol. The fourth-order valence-corrected chi connectivity index (χ4v) is 2.59. The van der Waals surface area contributed by atoms with Gasteiger partial charge in [-0.1, -0.05) is 39.7 Å². The summed E-state index contributed by atoms with van der Waals surface area (Å²) in [6, 6.07) is 10.2. The molecule has 0 saturated heterocycles. The van der Waals surface area contributed by atoms with Gasteiger partial charge in [-0.15, -0.1) is 0 Å². The van der Waals surface area contributed by atoms with Gasteiger partial charge in [-0.25, -0.2) is 4.39 Å². The second-order valence-corrected chi connectivity index (χ2v) is 6.32. The molecule has 0 heterocycles. The highest BCUT2D eigenvalue weighted by Crippen LogP contribution is 2.25. The summed E-state index contributed by atoms with van der Waals surface area (Å²) in [6.45, 7) is -1.06. The molecule has 136 valence electrons. The van der Waals surface area contributed by atoms with Crippen molar-refractivity contribution in [3.8, 4) is 0 Å². The molecule has 0 saturated carbocycles. The van der Waals surface area contributed by atoms with Crippen molar-refractivity contribution in [3.63, 3.8) is 0 Å². The maximum atomic E-state index is 13.4. The van der Waals surface area contributed by atoms with Gasteiger partial charge in [-0.05, 0) is 30.3 Å². The van der Waals surface area contributed by atoms with Gasteiger partial charge in [0.25, 0.3) is 11.8 Å². The number of hydrogen-bond donors (Lipinski definition) is 2. The number of amides is 2. The van der Waals surface area contributed by atoms with E-state index in [0.29, 0.717) is 10.7 Å². The Bertz CT molecular complexity index is 847. The molecule has 0 radical (unpaired) electrons. The molecule has 0 aromatic heterocycles. The SMILES string of the molecule is O=C(COC(=O)CNC(=O)c1ccccc1F)Nc1ccc(Br)cc1Cl. The van der Waals surface area contributed by atoms with Gasteiger partial charge in [-0.3, -0.25) is 14.4 Å². The Labute approximate surface area is 161 Å². The molecule has 2 N–H and O–H groups in total. The van der Waals surface area contributed by atoms with Crippen molar-refractivity contribution in [2.45, 2.75) is 0 Å². The van der Waals surface area contributed by atoms with Crippen molar-refractivity contribution in [2.24, 2.45) is 0 Å². The number of rotatable bonds is 6. The molecule has 6 nitrogen and oxygen atoms in total. The molecule has 0 aliphatic carbocycles. The van der Waals surface area contributed by atoms with Crippen LogP contribution in [0.25, 0.3) is 0 Å². The summed E-state index contributed by atoms with van der Waals surface area (Å²) in [5.41, 5.74) is 0.173. The van der Waals surface area contributed by atoms with Gasteiger partial charge < -0.3 is 15.4 Å². The molecule has 0 bridgehead atoms. The Morgan fingerprint density at radius 2 is 1.88 bits per heavy atom. The lowest BCUT2D eigenvalue weighted by Gasteiger charge is -2.09. The number of halogens is 3. The van der Waals surface area contributed by atoms with E-state index in [1.807, 2.05) is 0 Å². The van der Waals surface area contributed by atoms with Crippen LogP contribution in [0.2, 0.25) is 5.02 Å². The average Bonchev–Trinajstić information content (AvgIpc) is 2.60. The third-order valence-electron chi connectivity index (χ3n) is 3.08. The molecule has 2 aromatic rings. The largest absolute Gasteiger partial charge is 0.454 e. The molecule has 26 heavy (non-hydrogen) atoms. The molecule has 2 aromatic carbocycles. The van der Waals surface area contributed by atoms with E-state index in [0.717, 1.165) is 10.5 Å². The number of carbonyl (C=O) groups excluding carboxylic acids is 3. The van der Waals surface area contributed by atoms with Crippen LogP contribution < -0.4 is 10.6 Å². The first-order valence-electron chi connectivity index (χ1n) is 7.30. The van der Waals surface area contributed by atoms with Crippen LogP contribution in [0.3, 0.4) is 0 Å². The van der Waals surface area contributed by atoms with Crippen molar-refractivity contribution in [3.05, 3.63) is 63.3 Å². The van der Waals surface area contributed by atoms with Crippen molar-refractivity contribution >= 4 is 51.0 Å². The first-order chi connectivity index (χ1) is 12.4. The van der Waals surface area contributed by atoms with E-state index in [2.05, 4.69) is 26.6 Å². The van der Waals surface area contributed by atoms with Gasteiger partial charge in [0.15, 0.2) is 6.61 Å². The maximum absolute atomic E-state index is 13.4. The molecule has 0 aliphatic rings. The molecule has 2 amide bonds. The summed E-state index contributed by atoms with van der Waals surface area (Å²) < 4.78 is 18.9. The highest BCUT2D eigenvalue weighted by molar-refractivity contribution is 9.10. The summed E-state index contributed by atoms with van der Waals surface area (Å²) in [6.07, 6.45) is 0. The van der Waals surface area contributed by atoms with Crippen LogP contribution in [0.15, 0.2) is 46.9 Å². The molecule has 0 fully saturated rings. The first kappa shape index (κ1) is 19.9. The van der Waals surface area contributed by atoms with Gasteiger partial charge in [0.05, 0.1) is 16.3 Å². The standard InChI is InChI=1S/C17H13BrClFN2O4/c18-10-5-6-14(12(19)7-10)22-15(23)9-26-16(24)8-21-17(25)11-3-1-2-4-13(11)20/h1-7H,8-9H2,(H,21,25)(H,22,23). The molecular formula is C17H13BrClFN2O4. The molecule has 0 aliphatic heterocycles. The minimum Gasteiger partial charge on any atom is -0.454 e. The highest BCUT2D eigenvalue weighted by Gasteiger charge is 2.14. The van der Waals surface area contributed by atoms with E-state index in [4.69, 9.17) is 16.3 Å². The van der Waals surface area contributed by atoms with Crippen molar-refractivity contribution < 1.29 is 23.5 Å². The van der Waals surface area contributed by atoms with E-state index in [1.165, 1.54) is 18.2 Å². The van der Waals surface area contributed by atoms with Crippen LogP contribution in [-0.4, -0.2) is 30.9 Å². The normalized spacial score (nSPS) is 10.1. The van der Waals surface area contributed by atoms with Crippen LogP contribution in [0.4, 0.5) is 10.1 Å². The number of nitrogens with one attached hydrogen (secondary N) is 2. The Morgan fingerprint density at radius 3 is 2.58 bits per heavy atom. The molecule has 9 heteroatoms. The molecule has 0 atom stereocenters. The van der Waals surface area contributed by atoms with Gasteiger partial charge >= 0.3 is 5.97 Å². The summed E-state index contributed by atoms with van der Waals surface area (Å²) in [7, 11) is 0. The van der Waals surface area contributed by atoms with Crippen LogP contribution in [-0.2, 0) is 14.3 Å². The third-order valence-corrected chi connectivity index (χ3v) is 3.89. The van der Waals surface area contributed by atoms with Crippen molar-refractivity contribution in [2.75, 3.05) is 18.5 Å². The smallest absolute Gasteiger partial charge is 0.325 e. The maximum Gasteiger partial charge on any atom is 0.325 e. The van der Waals surface area contributed by atoms with Crippen LogP contribution >= 0.6 is 27.5 Å². The Kier molecular flexibility index (Phi) is 7.11. The average molecular weight is 444 g/mol. The number of esters is 1. The fraction of sp³-hybridized carbons (Fsp3) is 0.118. The topological polar surface area (TPSA) is 84.5 Å². The van der Waals surface area contributed by atoms with Gasteiger partial charge in [0.2, 0.25) is 0 Å². The lowest BCUT2D eigenvalue weighted by Crippen LogP contribution is -2.32. The number of anilines is 1. The van der Waals surface area contributed by atoms with Gasteiger partial charge in [0.1, 0.15) is 12.4 Å². The van der Waals surface area contributed by atoms with E-state index in [1.54, 1.807) is 18.2 Å². The van der Waals surface area contributed by atoms with Gasteiger partial charge in [-0.2, -0.15) is 0 Å². The fourth-order valence-electron chi connectivity index (χ4n) is 1.87. The van der Waals surface area contributed by atoms with Gasteiger partial charge in [0, 0.05) is 4.47 Å². The highest BCUT2D eigenvalue weighted by atomic mass is 79.9. The zero-order chi connectivity index (χ0) is 19.1. The van der Waals surface area contributed by atoms with Crippen LogP contribution in [0, 0.1) is 5.82 Å². The minimum atomic E-state index is -0.841. The van der Waals surface area contributed by atoms with Crippen LogP contribution in [0.1, 0.15) is 10.4 Å². The van der Waals surface area contributed by atoms with E-state index >= 15 is 0 Å². The van der Waals surface area contributed by atoms with Crippen molar-refractivity contribution in [1.82, 2.24) is 5.32 Å². The third kappa shape index (κ3) is 5.82. The summed E-state index contributed by atoms with van der Waals surface area (Å²) >= 11 is 9.20. The lowest BCUT2D eigenvalue weighted by molar-refractivity contribution is -0.146. The molecular weight excluding hydrogens is 431 g/mol. The van der Waals surface area contributed by atoms with E-state index in [-0.39, 0.29) is 5.56 Å². The zero-order valence-electron chi connectivity index (χ0n) is 13.2. The predicted molar refractivity (Wildman–Crippen MR) is 97.5 cm³/mol. The second-order valence-electron chi connectivity index (χ2n) is 5.00. The van der Waals surface area contributed by atoms with Crippen molar-refractivity contribution in [1.29, 1.82) is 0 Å². The lowest BCUT2D eigenvalue weighted by atomic mass is 10.2. The number of benzene rings is 2. The zero-order valence-corrected chi connectivity index (χ0v) is 15.6. The Balaban J connectivity index is 1.77. The number of hydrogen-bond acceptors (Lipinski definition) is 4. The second kappa shape index (κ2) is 9.30. The number of ether oxygens (including phenoxy) is 1. The molecule has 0 spiro atoms. The predicted octanol–water partition coefficient (Wildman–Crippen LogP) is 3.15. The molecule has 0 unspecified atom stereocenters.